The molecule has 0 heterocycles. The molecular formula is C17H28N2O4S. The summed E-state index contributed by atoms with van der Waals surface area (Å²) < 4.78 is 32.7. The van der Waals surface area contributed by atoms with Gasteiger partial charge in [0.25, 0.3) is 5.91 Å². The highest BCUT2D eigenvalue weighted by Gasteiger charge is 2.18. The van der Waals surface area contributed by atoms with Crippen molar-refractivity contribution in [2.24, 2.45) is 0 Å². The number of hydrogen-bond acceptors (Lipinski definition) is 4. The second-order valence-corrected chi connectivity index (χ2v) is 7.92. The van der Waals surface area contributed by atoms with Crippen molar-refractivity contribution in [3.8, 4) is 5.75 Å². The zero-order valence-electron chi connectivity index (χ0n) is 15.0. The molecule has 1 amide bonds. The van der Waals surface area contributed by atoms with Gasteiger partial charge >= 0.3 is 0 Å². The predicted molar refractivity (Wildman–Crippen MR) is 94.5 cm³/mol. The van der Waals surface area contributed by atoms with Crippen LogP contribution in [0.4, 0.5) is 0 Å². The normalized spacial score (nSPS) is 14.2. The van der Waals surface area contributed by atoms with Crippen LogP contribution in [-0.4, -0.2) is 32.5 Å². The molecule has 1 rings (SSSR count). The zero-order valence-corrected chi connectivity index (χ0v) is 15.8. The van der Waals surface area contributed by atoms with Crippen molar-refractivity contribution in [3.63, 3.8) is 0 Å². The Labute approximate surface area is 145 Å². The molecule has 0 aliphatic carbocycles. The van der Waals surface area contributed by atoms with Gasteiger partial charge in [-0.25, -0.2) is 13.1 Å². The maximum Gasteiger partial charge on any atom is 0.260 e. The number of carbonyl (C=O) groups is 1. The summed E-state index contributed by atoms with van der Waals surface area (Å²) in [6, 6.07) is 5.98. The van der Waals surface area contributed by atoms with E-state index in [0.717, 1.165) is 12.8 Å². The maximum atomic E-state index is 12.3. The second kappa shape index (κ2) is 9.03. The van der Waals surface area contributed by atoms with Crippen molar-refractivity contribution in [2.45, 2.75) is 70.5 Å². The summed E-state index contributed by atoms with van der Waals surface area (Å²) in [5.74, 6) is 0.235. The van der Waals surface area contributed by atoms with Crippen molar-refractivity contribution in [3.05, 3.63) is 24.3 Å². The molecule has 24 heavy (non-hydrogen) atoms. The first kappa shape index (κ1) is 20.4. The number of carbonyl (C=O) groups excluding carboxylic acids is 1. The van der Waals surface area contributed by atoms with Crippen LogP contribution in [0.25, 0.3) is 0 Å². The fourth-order valence-corrected chi connectivity index (χ4v) is 3.46. The number of sulfonamides is 1. The van der Waals surface area contributed by atoms with Crippen molar-refractivity contribution < 1.29 is 17.9 Å². The Hall–Kier alpha value is -1.60. The Bertz CT molecular complexity index is 626. The summed E-state index contributed by atoms with van der Waals surface area (Å²) in [4.78, 5) is 12.0. The van der Waals surface area contributed by atoms with Crippen molar-refractivity contribution >= 4 is 15.9 Å². The molecule has 2 N–H and O–H groups in total. The summed E-state index contributed by atoms with van der Waals surface area (Å²) >= 11 is 0. The van der Waals surface area contributed by atoms with E-state index in [1.165, 1.54) is 12.1 Å². The predicted octanol–water partition coefficient (Wildman–Crippen LogP) is 2.45. The lowest BCUT2D eigenvalue weighted by Crippen LogP contribution is -2.40. The van der Waals surface area contributed by atoms with Crippen LogP contribution < -0.4 is 14.8 Å². The summed E-state index contributed by atoms with van der Waals surface area (Å²) in [6.45, 7) is 9.24. The van der Waals surface area contributed by atoms with Crippen LogP contribution in [0.2, 0.25) is 0 Å². The van der Waals surface area contributed by atoms with E-state index in [0.29, 0.717) is 5.75 Å². The third kappa shape index (κ3) is 6.49. The average molecular weight is 356 g/mol. The first-order valence-corrected chi connectivity index (χ1v) is 9.73. The van der Waals surface area contributed by atoms with Crippen LogP contribution in [0.5, 0.6) is 5.75 Å². The lowest BCUT2D eigenvalue weighted by atomic mass is 10.2. The Morgan fingerprint density at radius 2 is 1.71 bits per heavy atom. The Morgan fingerprint density at radius 1 is 1.12 bits per heavy atom. The second-order valence-electron chi connectivity index (χ2n) is 6.21. The highest BCUT2D eigenvalue weighted by Crippen LogP contribution is 2.18. The van der Waals surface area contributed by atoms with Crippen LogP contribution in [-0.2, 0) is 14.8 Å². The molecule has 0 aliphatic heterocycles. The number of nitrogens with one attached hydrogen (secondary N) is 2. The monoisotopic (exact) mass is 356 g/mol. The van der Waals surface area contributed by atoms with Gasteiger partial charge in [-0.05, 0) is 58.4 Å². The van der Waals surface area contributed by atoms with E-state index in [9.17, 15) is 13.2 Å². The molecular weight excluding hydrogens is 328 g/mol. The molecule has 0 saturated heterocycles. The van der Waals surface area contributed by atoms with Gasteiger partial charge in [0.1, 0.15) is 5.75 Å². The van der Waals surface area contributed by atoms with Gasteiger partial charge in [-0.2, -0.15) is 0 Å². The summed E-state index contributed by atoms with van der Waals surface area (Å²) in [7, 11) is -3.54. The standard InChI is InChI=1S/C17H28N2O4S/c1-6-7-13(4)19-24(21,22)16-10-8-15(9-11-16)23-14(5)17(20)18-12(2)3/h8-14,19H,6-7H2,1-5H3,(H,18,20)/t13-,14+/m1/s1. The van der Waals surface area contributed by atoms with Gasteiger partial charge in [0.15, 0.2) is 6.10 Å². The van der Waals surface area contributed by atoms with E-state index in [4.69, 9.17) is 4.74 Å². The third-order valence-corrected chi connectivity index (χ3v) is 4.93. The maximum absolute atomic E-state index is 12.3. The number of benzene rings is 1. The Kier molecular flexibility index (Phi) is 7.69. The minimum absolute atomic E-state index is 0.0345. The highest BCUT2D eigenvalue weighted by atomic mass is 32.2. The smallest absolute Gasteiger partial charge is 0.260 e. The van der Waals surface area contributed by atoms with E-state index in [1.807, 2.05) is 27.7 Å². The molecule has 1 aromatic carbocycles. The van der Waals surface area contributed by atoms with E-state index < -0.39 is 16.1 Å². The molecule has 0 radical (unpaired) electrons. The molecule has 0 aromatic heterocycles. The van der Waals surface area contributed by atoms with E-state index in [2.05, 4.69) is 10.0 Å². The minimum Gasteiger partial charge on any atom is -0.481 e. The minimum atomic E-state index is -3.54. The molecule has 2 atom stereocenters. The van der Waals surface area contributed by atoms with Crippen LogP contribution in [0.15, 0.2) is 29.2 Å². The fraction of sp³-hybridized carbons (Fsp3) is 0.588. The van der Waals surface area contributed by atoms with Crippen molar-refractivity contribution in [2.75, 3.05) is 0 Å². The Morgan fingerprint density at radius 3 is 2.21 bits per heavy atom. The SMILES string of the molecule is CCC[C@@H](C)NS(=O)(=O)c1ccc(O[C@@H](C)C(=O)NC(C)C)cc1. The summed E-state index contributed by atoms with van der Waals surface area (Å²) in [6.07, 6.45) is 1.04. The van der Waals surface area contributed by atoms with Gasteiger partial charge in [-0.1, -0.05) is 13.3 Å². The van der Waals surface area contributed by atoms with E-state index in [-0.39, 0.29) is 22.9 Å². The molecule has 6 nitrogen and oxygen atoms in total. The number of ether oxygens (including phenoxy) is 1. The molecule has 0 fully saturated rings. The molecule has 136 valence electrons. The molecule has 0 spiro atoms. The highest BCUT2D eigenvalue weighted by molar-refractivity contribution is 7.89. The Balaban J connectivity index is 2.73. The van der Waals surface area contributed by atoms with Crippen LogP contribution >= 0.6 is 0 Å². The van der Waals surface area contributed by atoms with Gasteiger partial charge in [0.2, 0.25) is 10.0 Å². The van der Waals surface area contributed by atoms with Gasteiger partial charge in [-0.15, -0.1) is 0 Å². The van der Waals surface area contributed by atoms with Crippen LogP contribution in [0.1, 0.15) is 47.5 Å². The number of rotatable bonds is 9. The first-order chi connectivity index (χ1) is 11.2. The third-order valence-electron chi connectivity index (χ3n) is 3.33. The largest absolute Gasteiger partial charge is 0.481 e. The molecule has 1 aromatic rings. The lowest BCUT2D eigenvalue weighted by Gasteiger charge is -2.17. The molecule has 0 bridgehead atoms. The topological polar surface area (TPSA) is 84.5 Å². The van der Waals surface area contributed by atoms with Crippen molar-refractivity contribution in [1.82, 2.24) is 10.0 Å². The fourth-order valence-electron chi connectivity index (χ4n) is 2.18. The van der Waals surface area contributed by atoms with Crippen LogP contribution in [0, 0.1) is 0 Å². The van der Waals surface area contributed by atoms with Gasteiger partial charge in [0, 0.05) is 12.1 Å². The number of amides is 1. The lowest BCUT2D eigenvalue weighted by molar-refractivity contribution is -0.127. The van der Waals surface area contributed by atoms with Crippen molar-refractivity contribution in [1.29, 1.82) is 0 Å². The number of hydrogen-bond donors (Lipinski definition) is 2. The molecule has 0 unspecified atom stereocenters. The zero-order chi connectivity index (χ0) is 18.3. The van der Waals surface area contributed by atoms with Gasteiger partial charge in [-0.3, -0.25) is 4.79 Å². The molecule has 0 aliphatic rings. The van der Waals surface area contributed by atoms with Gasteiger partial charge < -0.3 is 10.1 Å². The first-order valence-electron chi connectivity index (χ1n) is 8.25. The summed E-state index contributed by atoms with van der Waals surface area (Å²) in [5, 5.41) is 2.76. The molecule has 0 saturated carbocycles. The van der Waals surface area contributed by atoms with Gasteiger partial charge in [0.05, 0.1) is 4.90 Å². The quantitative estimate of drug-likeness (QED) is 0.712. The molecule has 7 heteroatoms. The van der Waals surface area contributed by atoms with E-state index >= 15 is 0 Å². The van der Waals surface area contributed by atoms with Crippen LogP contribution in [0.3, 0.4) is 0 Å². The van der Waals surface area contributed by atoms with E-state index in [1.54, 1.807) is 19.1 Å². The average Bonchev–Trinajstić information content (AvgIpc) is 2.46. The summed E-state index contributed by atoms with van der Waals surface area (Å²) in [5.41, 5.74) is 0.